The van der Waals surface area contributed by atoms with Gasteiger partial charge in [0, 0.05) is 32.7 Å². The highest BCUT2D eigenvalue weighted by Gasteiger charge is 2.25. The van der Waals surface area contributed by atoms with E-state index in [0.29, 0.717) is 23.0 Å². The molecular weight excluding hydrogens is 426 g/mol. The van der Waals surface area contributed by atoms with Crippen LogP contribution in [0.1, 0.15) is 29.0 Å². The van der Waals surface area contributed by atoms with E-state index in [9.17, 15) is 22.0 Å². The fraction of sp³-hybridized carbons (Fsp3) is 0.333. The van der Waals surface area contributed by atoms with Gasteiger partial charge in [0.15, 0.2) is 11.6 Å². The second kappa shape index (κ2) is 8.01. The van der Waals surface area contributed by atoms with E-state index in [-0.39, 0.29) is 17.3 Å². The SMILES string of the molecule is CN(Cc1nc2cc(C(=O)N3CCCC3)ccc2n1C)S(=O)(=O)c1ccc(F)c(F)c1. The third kappa shape index (κ3) is 3.92. The average Bonchev–Trinajstić information content (AvgIpc) is 3.38. The highest BCUT2D eigenvalue weighted by molar-refractivity contribution is 7.89. The molecule has 0 unspecified atom stereocenters. The maximum Gasteiger partial charge on any atom is 0.253 e. The first-order chi connectivity index (χ1) is 14.7. The topological polar surface area (TPSA) is 75.5 Å². The number of carbonyl (C=O) groups is 1. The lowest BCUT2D eigenvalue weighted by Gasteiger charge is -2.17. The number of hydrogen-bond acceptors (Lipinski definition) is 4. The highest BCUT2D eigenvalue weighted by atomic mass is 32.2. The number of imidazole rings is 1. The first kappa shape index (κ1) is 21.4. The number of hydrogen-bond donors (Lipinski definition) is 0. The summed E-state index contributed by atoms with van der Waals surface area (Å²) >= 11 is 0. The van der Waals surface area contributed by atoms with Gasteiger partial charge >= 0.3 is 0 Å². The number of fused-ring (bicyclic) bond motifs is 1. The van der Waals surface area contributed by atoms with E-state index < -0.39 is 21.7 Å². The average molecular weight is 448 g/mol. The molecule has 1 aliphatic heterocycles. The van der Waals surface area contributed by atoms with Gasteiger partial charge in [-0.15, -0.1) is 0 Å². The molecule has 0 spiro atoms. The van der Waals surface area contributed by atoms with Gasteiger partial charge in [-0.05, 0) is 49.2 Å². The van der Waals surface area contributed by atoms with Gasteiger partial charge in [0.2, 0.25) is 10.0 Å². The Morgan fingerprint density at radius 1 is 1.10 bits per heavy atom. The Kier molecular flexibility index (Phi) is 5.52. The first-order valence-electron chi connectivity index (χ1n) is 9.84. The van der Waals surface area contributed by atoms with Crippen LogP contribution in [0.15, 0.2) is 41.3 Å². The zero-order valence-electron chi connectivity index (χ0n) is 17.2. The number of carbonyl (C=O) groups excluding carboxylic acids is 1. The summed E-state index contributed by atoms with van der Waals surface area (Å²) in [5.74, 6) is -1.93. The summed E-state index contributed by atoms with van der Waals surface area (Å²) in [5.41, 5.74) is 1.88. The summed E-state index contributed by atoms with van der Waals surface area (Å²) in [5, 5.41) is 0. The van der Waals surface area contributed by atoms with Crippen LogP contribution in [-0.2, 0) is 23.6 Å². The van der Waals surface area contributed by atoms with Gasteiger partial charge in [0.25, 0.3) is 5.91 Å². The normalized spacial score (nSPS) is 14.7. The van der Waals surface area contributed by atoms with Crippen LogP contribution in [0.5, 0.6) is 0 Å². The summed E-state index contributed by atoms with van der Waals surface area (Å²) in [6.45, 7) is 1.41. The van der Waals surface area contributed by atoms with Gasteiger partial charge in [0.05, 0.1) is 22.5 Å². The Balaban J connectivity index is 1.61. The molecule has 2 heterocycles. The van der Waals surface area contributed by atoms with Crippen molar-refractivity contribution in [2.75, 3.05) is 20.1 Å². The minimum Gasteiger partial charge on any atom is -0.339 e. The lowest BCUT2D eigenvalue weighted by Crippen LogP contribution is -2.28. The molecule has 164 valence electrons. The molecule has 0 N–H and O–H groups in total. The van der Waals surface area contributed by atoms with Crippen LogP contribution in [0, 0.1) is 11.6 Å². The van der Waals surface area contributed by atoms with Crippen LogP contribution in [0.4, 0.5) is 8.78 Å². The molecule has 1 fully saturated rings. The molecule has 0 radical (unpaired) electrons. The molecule has 3 aromatic rings. The minimum absolute atomic E-state index is 0.0374. The summed E-state index contributed by atoms with van der Waals surface area (Å²) in [6.07, 6.45) is 2.00. The fourth-order valence-corrected chi connectivity index (χ4v) is 4.87. The van der Waals surface area contributed by atoms with E-state index in [4.69, 9.17) is 0 Å². The molecule has 7 nitrogen and oxygen atoms in total. The molecule has 1 amide bonds. The number of aromatic nitrogens is 2. The lowest BCUT2D eigenvalue weighted by atomic mass is 10.2. The third-order valence-electron chi connectivity index (χ3n) is 5.58. The zero-order chi connectivity index (χ0) is 22.3. The van der Waals surface area contributed by atoms with E-state index in [0.717, 1.165) is 47.9 Å². The molecule has 10 heteroatoms. The standard InChI is InChI=1S/C21H22F2N4O3S/c1-25(31(29,30)15-6-7-16(22)17(23)12-15)13-20-24-18-11-14(5-8-19(18)26(20)2)21(28)27-9-3-4-10-27/h5-8,11-12H,3-4,9-10,13H2,1-2H3. The Labute approximate surface area is 178 Å². The van der Waals surface area contributed by atoms with Crippen molar-refractivity contribution < 1.29 is 22.0 Å². The zero-order valence-corrected chi connectivity index (χ0v) is 18.0. The van der Waals surface area contributed by atoms with E-state index >= 15 is 0 Å². The van der Waals surface area contributed by atoms with Crippen LogP contribution in [0.2, 0.25) is 0 Å². The highest BCUT2D eigenvalue weighted by Crippen LogP contribution is 2.23. The van der Waals surface area contributed by atoms with Gasteiger partial charge < -0.3 is 9.47 Å². The smallest absolute Gasteiger partial charge is 0.253 e. The van der Waals surface area contributed by atoms with Crippen LogP contribution in [0.25, 0.3) is 11.0 Å². The predicted molar refractivity (Wildman–Crippen MR) is 111 cm³/mol. The Morgan fingerprint density at radius 2 is 1.81 bits per heavy atom. The second-order valence-electron chi connectivity index (χ2n) is 7.63. The number of nitrogens with zero attached hydrogens (tertiary/aromatic N) is 4. The van der Waals surface area contributed by atoms with Gasteiger partial charge in [-0.2, -0.15) is 4.31 Å². The van der Waals surface area contributed by atoms with E-state index in [1.165, 1.54) is 7.05 Å². The fourth-order valence-electron chi connectivity index (χ4n) is 3.73. The summed E-state index contributed by atoms with van der Waals surface area (Å²) in [4.78, 5) is 18.6. The molecule has 1 saturated heterocycles. The van der Waals surface area contributed by atoms with Gasteiger partial charge in [-0.3, -0.25) is 4.79 Å². The van der Waals surface area contributed by atoms with Crippen LogP contribution >= 0.6 is 0 Å². The van der Waals surface area contributed by atoms with Crippen LogP contribution in [0.3, 0.4) is 0 Å². The molecule has 0 saturated carbocycles. The maximum atomic E-state index is 13.5. The molecule has 0 atom stereocenters. The van der Waals surface area contributed by atoms with Crippen molar-refractivity contribution in [3.8, 4) is 0 Å². The second-order valence-corrected chi connectivity index (χ2v) is 9.67. The first-order valence-corrected chi connectivity index (χ1v) is 11.3. The van der Waals surface area contributed by atoms with Crippen LogP contribution < -0.4 is 0 Å². The van der Waals surface area contributed by atoms with Crippen molar-refractivity contribution in [3.05, 3.63) is 59.4 Å². The summed E-state index contributed by atoms with van der Waals surface area (Å²) < 4.78 is 55.0. The molecule has 1 aliphatic rings. The number of amides is 1. The molecule has 31 heavy (non-hydrogen) atoms. The molecule has 1 aromatic heterocycles. The van der Waals surface area contributed by atoms with Gasteiger partial charge in [-0.25, -0.2) is 22.2 Å². The van der Waals surface area contributed by atoms with Crippen molar-refractivity contribution in [2.45, 2.75) is 24.3 Å². The molecule has 2 aromatic carbocycles. The molecule has 4 rings (SSSR count). The summed E-state index contributed by atoms with van der Waals surface area (Å²) in [7, 11) is -0.951. The van der Waals surface area contributed by atoms with Gasteiger partial charge in [0.1, 0.15) is 5.82 Å². The Hall–Kier alpha value is -2.85. The predicted octanol–water partition coefficient (Wildman–Crippen LogP) is 2.91. The van der Waals surface area contributed by atoms with E-state index in [1.807, 2.05) is 4.90 Å². The minimum atomic E-state index is -4.05. The van der Waals surface area contributed by atoms with Gasteiger partial charge in [-0.1, -0.05) is 0 Å². The van der Waals surface area contributed by atoms with Crippen molar-refractivity contribution in [1.82, 2.24) is 18.8 Å². The van der Waals surface area contributed by atoms with Crippen molar-refractivity contribution in [3.63, 3.8) is 0 Å². The molecular formula is C21H22F2N4O3S. The number of sulfonamides is 1. The number of aryl methyl sites for hydroxylation is 1. The van der Waals surface area contributed by atoms with Crippen molar-refractivity contribution in [1.29, 1.82) is 0 Å². The van der Waals surface area contributed by atoms with Crippen molar-refractivity contribution >= 4 is 27.0 Å². The molecule has 0 aliphatic carbocycles. The Bertz CT molecular complexity index is 1270. The quantitative estimate of drug-likeness (QED) is 0.602. The third-order valence-corrected chi connectivity index (χ3v) is 7.38. The van der Waals surface area contributed by atoms with E-state index in [1.54, 1.807) is 29.8 Å². The summed E-state index contributed by atoms with van der Waals surface area (Å²) in [6, 6.07) is 7.71. The van der Waals surface area contributed by atoms with E-state index in [2.05, 4.69) is 4.98 Å². The lowest BCUT2D eigenvalue weighted by molar-refractivity contribution is 0.0793. The maximum absolute atomic E-state index is 13.5. The number of likely N-dealkylation sites (tertiary alicyclic amines) is 1. The Morgan fingerprint density at radius 3 is 2.48 bits per heavy atom. The number of halogens is 2. The number of benzene rings is 2. The monoisotopic (exact) mass is 448 g/mol. The molecule has 0 bridgehead atoms. The van der Waals surface area contributed by atoms with Crippen molar-refractivity contribution in [2.24, 2.45) is 7.05 Å². The van der Waals surface area contributed by atoms with Crippen LogP contribution in [-0.4, -0.2) is 53.2 Å². The number of rotatable bonds is 5. The largest absolute Gasteiger partial charge is 0.339 e.